The predicted molar refractivity (Wildman–Crippen MR) is 84.5 cm³/mol. The number of aromatic nitrogens is 2. The molecule has 0 aliphatic carbocycles. The van der Waals surface area contributed by atoms with Gasteiger partial charge in [0, 0.05) is 12.1 Å². The zero-order chi connectivity index (χ0) is 14.1. The molecule has 0 aliphatic heterocycles. The lowest BCUT2D eigenvalue weighted by atomic mass is 10.2. The van der Waals surface area contributed by atoms with Gasteiger partial charge in [-0.3, -0.25) is 4.57 Å². The van der Waals surface area contributed by atoms with E-state index in [1.807, 2.05) is 0 Å². The van der Waals surface area contributed by atoms with Crippen LogP contribution in [0.5, 0.6) is 0 Å². The molecule has 20 heavy (non-hydrogen) atoms. The van der Waals surface area contributed by atoms with Gasteiger partial charge in [0.1, 0.15) is 5.82 Å². The van der Waals surface area contributed by atoms with Gasteiger partial charge in [-0.15, -0.1) is 0 Å². The number of nitrogens with zero attached hydrogens (tertiary/aromatic N) is 2. The smallest absolute Gasteiger partial charge is 0.114 e. The molecule has 0 saturated heterocycles. The van der Waals surface area contributed by atoms with E-state index in [1.54, 1.807) is 0 Å². The second-order valence-electron chi connectivity index (χ2n) is 5.44. The van der Waals surface area contributed by atoms with Crippen molar-refractivity contribution < 1.29 is 0 Å². The summed E-state index contributed by atoms with van der Waals surface area (Å²) < 4.78 is 2.30. The van der Waals surface area contributed by atoms with Gasteiger partial charge in [-0.05, 0) is 55.7 Å². The van der Waals surface area contributed by atoms with Crippen molar-refractivity contribution >= 4 is 11.0 Å². The number of hydrogen-bond acceptors (Lipinski definition) is 1. The molecule has 0 N–H and O–H groups in total. The number of fused-ring (bicyclic) bond motifs is 1. The zero-order valence-electron chi connectivity index (χ0n) is 12.4. The third-order valence-corrected chi connectivity index (χ3v) is 3.61. The molecule has 0 saturated carbocycles. The first-order valence-electron chi connectivity index (χ1n) is 7.24. The lowest BCUT2D eigenvalue weighted by Crippen LogP contribution is -2.01. The van der Waals surface area contributed by atoms with Crippen molar-refractivity contribution in [3.8, 4) is 5.69 Å². The Bertz CT molecular complexity index is 753. The average Bonchev–Trinajstić information content (AvgIpc) is 2.76. The van der Waals surface area contributed by atoms with Crippen LogP contribution in [0.4, 0.5) is 0 Å². The van der Waals surface area contributed by atoms with Gasteiger partial charge in [0.15, 0.2) is 0 Å². The van der Waals surface area contributed by atoms with E-state index < -0.39 is 0 Å². The number of imidazole rings is 1. The summed E-state index contributed by atoms with van der Waals surface area (Å²) in [6, 6.07) is 15.1. The van der Waals surface area contributed by atoms with Gasteiger partial charge in [-0.25, -0.2) is 4.98 Å². The van der Waals surface area contributed by atoms with Gasteiger partial charge in [-0.1, -0.05) is 25.1 Å². The fourth-order valence-corrected chi connectivity index (χ4v) is 2.69. The monoisotopic (exact) mass is 264 g/mol. The van der Waals surface area contributed by atoms with Crippen molar-refractivity contribution in [3.63, 3.8) is 0 Å². The Morgan fingerprint density at radius 3 is 2.55 bits per heavy atom. The highest BCUT2D eigenvalue weighted by atomic mass is 15.1. The molecule has 1 heterocycles. The first-order valence-corrected chi connectivity index (χ1v) is 7.24. The predicted octanol–water partition coefficient (Wildman–Crippen LogP) is 4.59. The fraction of sp³-hybridized carbons (Fsp3) is 0.278. The normalized spacial score (nSPS) is 11.2. The highest BCUT2D eigenvalue weighted by molar-refractivity contribution is 5.79. The van der Waals surface area contributed by atoms with Crippen LogP contribution in [0.3, 0.4) is 0 Å². The van der Waals surface area contributed by atoms with E-state index >= 15 is 0 Å². The van der Waals surface area contributed by atoms with Crippen molar-refractivity contribution in [1.82, 2.24) is 9.55 Å². The first-order chi connectivity index (χ1) is 9.69. The third kappa shape index (κ3) is 2.22. The molecular weight excluding hydrogens is 244 g/mol. The molecule has 1 aromatic heterocycles. The van der Waals surface area contributed by atoms with E-state index in [0.29, 0.717) is 0 Å². The number of benzene rings is 2. The molecule has 0 spiro atoms. The molecule has 0 atom stereocenters. The van der Waals surface area contributed by atoms with E-state index in [9.17, 15) is 0 Å². The Balaban J connectivity index is 2.28. The van der Waals surface area contributed by atoms with Crippen LogP contribution in [0, 0.1) is 13.8 Å². The van der Waals surface area contributed by atoms with Gasteiger partial charge < -0.3 is 0 Å². The third-order valence-electron chi connectivity index (χ3n) is 3.61. The van der Waals surface area contributed by atoms with E-state index in [0.717, 1.165) is 24.2 Å². The van der Waals surface area contributed by atoms with Crippen LogP contribution < -0.4 is 0 Å². The number of rotatable bonds is 3. The maximum absolute atomic E-state index is 4.83. The van der Waals surface area contributed by atoms with Crippen LogP contribution in [0.25, 0.3) is 16.7 Å². The van der Waals surface area contributed by atoms with E-state index in [-0.39, 0.29) is 0 Å². The number of aryl methyl sites for hydroxylation is 3. The molecule has 3 rings (SSSR count). The van der Waals surface area contributed by atoms with E-state index in [2.05, 4.69) is 67.8 Å². The quantitative estimate of drug-likeness (QED) is 0.676. The summed E-state index contributed by atoms with van der Waals surface area (Å²) in [4.78, 5) is 4.83. The Morgan fingerprint density at radius 1 is 1.00 bits per heavy atom. The van der Waals surface area contributed by atoms with Crippen molar-refractivity contribution in [2.45, 2.75) is 33.6 Å². The highest BCUT2D eigenvalue weighted by Crippen LogP contribution is 2.24. The van der Waals surface area contributed by atoms with Crippen LogP contribution in [0.1, 0.15) is 30.3 Å². The average molecular weight is 264 g/mol. The summed E-state index contributed by atoms with van der Waals surface area (Å²) in [6.07, 6.45) is 2.11. The lowest BCUT2D eigenvalue weighted by Gasteiger charge is -2.09. The molecule has 0 fully saturated rings. The minimum absolute atomic E-state index is 1.00. The molecule has 3 aromatic rings. The molecule has 0 amide bonds. The van der Waals surface area contributed by atoms with E-state index in [1.165, 1.54) is 22.3 Å². The molecule has 0 radical (unpaired) electrons. The fourth-order valence-electron chi connectivity index (χ4n) is 2.69. The van der Waals surface area contributed by atoms with Crippen LogP contribution in [0.2, 0.25) is 0 Å². The van der Waals surface area contributed by atoms with Crippen molar-refractivity contribution in [3.05, 3.63) is 59.4 Å². The van der Waals surface area contributed by atoms with Crippen LogP contribution in [0.15, 0.2) is 42.5 Å². The zero-order valence-corrected chi connectivity index (χ0v) is 12.4. The Labute approximate surface area is 120 Å². The molecule has 0 bridgehead atoms. The van der Waals surface area contributed by atoms with Gasteiger partial charge in [0.25, 0.3) is 0 Å². The second kappa shape index (κ2) is 5.12. The minimum atomic E-state index is 1.00. The topological polar surface area (TPSA) is 17.8 Å². The van der Waals surface area contributed by atoms with Gasteiger partial charge in [-0.2, -0.15) is 0 Å². The molecule has 2 nitrogen and oxygen atoms in total. The number of hydrogen-bond donors (Lipinski definition) is 0. The van der Waals surface area contributed by atoms with Gasteiger partial charge in [0.05, 0.1) is 11.0 Å². The van der Waals surface area contributed by atoms with E-state index in [4.69, 9.17) is 4.98 Å². The van der Waals surface area contributed by atoms with Crippen molar-refractivity contribution in [2.75, 3.05) is 0 Å². The summed E-state index contributed by atoms with van der Waals surface area (Å²) in [6.45, 7) is 6.45. The van der Waals surface area contributed by atoms with Gasteiger partial charge in [0.2, 0.25) is 0 Å². The van der Waals surface area contributed by atoms with Gasteiger partial charge >= 0.3 is 0 Å². The highest BCUT2D eigenvalue weighted by Gasteiger charge is 2.11. The van der Waals surface area contributed by atoms with Crippen LogP contribution in [-0.4, -0.2) is 9.55 Å². The second-order valence-corrected chi connectivity index (χ2v) is 5.44. The summed E-state index contributed by atoms with van der Waals surface area (Å²) in [5.74, 6) is 1.15. The first kappa shape index (κ1) is 12.9. The summed E-state index contributed by atoms with van der Waals surface area (Å²) in [5.41, 5.74) is 6.03. The van der Waals surface area contributed by atoms with Crippen molar-refractivity contribution in [1.29, 1.82) is 0 Å². The summed E-state index contributed by atoms with van der Waals surface area (Å²) >= 11 is 0. The maximum atomic E-state index is 4.83. The standard InChI is InChI=1S/C18H20N2/c1-4-6-18-19-16-12-14(3)9-10-17(16)20(18)15-8-5-7-13(2)11-15/h5,7-12H,4,6H2,1-3H3. The molecule has 102 valence electrons. The van der Waals surface area contributed by atoms with Crippen LogP contribution >= 0.6 is 0 Å². The molecule has 2 aromatic carbocycles. The lowest BCUT2D eigenvalue weighted by molar-refractivity contribution is 0.818. The Kier molecular flexibility index (Phi) is 3.31. The molecule has 0 unspecified atom stereocenters. The molecule has 0 aliphatic rings. The Morgan fingerprint density at radius 2 is 1.80 bits per heavy atom. The summed E-state index contributed by atoms with van der Waals surface area (Å²) in [7, 11) is 0. The molecule has 2 heteroatoms. The minimum Gasteiger partial charge on any atom is -0.296 e. The SMILES string of the molecule is CCCc1nc2cc(C)ccc2n1-c1cccc(C)c1. The molecular formula is C18H20N2. The van der Waals surface area contributed by atoms with Crippen LogP contribution in [-0.2, 0) is 6.42 Å². The summed E-state index contributed by atoms with van der Waals surface area (Å²) in [5, 5.41) is 0. The Hall–Kier alpha value is -2.09. The van der Waals surface area contributed by atoms with Crippen molar-refractivity contribution in [2.24, 2.45) is 0 Å². The largest absolute Gasteiger partial charge is 0.296 e. The maximum Gasteiger partial charge on any atom is 0.114 e.